The molecule has 3 N–H and O–H groups in total. The van der Waals surface area contributed by atoms with Gasteiger partial charge in [-0.05, 0) is 32.9 Å². The molecule has 0 saturated heterocycles. The number of para-hydroxylation sites is 1. The van der Waals surface area contributed by atoms with E-state index in [2.05, 4.69) is 5.32 Å². The van der Waals surface area contributed by atoms with Gasteiger partial charge in [-0.2, -0.15) is 0 Å². The molecule has 1 aromatic rings. The second-order valence-corrected chi connectivity index (χ2v) is 4.08. The Kier molecular flexibility index (Phi) is 4.31. The summed E-state index contributed by atoms with van der Waals surface area (Å²) in [4.78, 5) is 11.6. The van der Waals surface area contributed by atoms with Crippen molar-refractivity contribution >= 4 is 11.6 Å². The third kappa shape index (κ3) is 3.62. The van der Waals surface area contributed by atoms with Gasteiger partial charge in [0.05, 0.1) is 5.69 Å². The molecule has 0 spiro atoms. The summed E-state index contributed by atoms with van der Waals surface area (Å²) in [5, 5.41) is 2.67. The monoisotopic (exact) mass is 240 g/mol. The summed E-state index contributed by atoms with van der Waals surface area (Å²) in [5.41, 5.74) is 5.75. The standard InChI is InChI=1S/C12H17FN2O2/c1-7(2)15-12(16)8(3)17-11-9(13)5-4-6-10(11)14/h4-8H,14H2,1-3H3,(H,15,16). The average molecular weight is 240 g/mol. The lowest BCUT2D eigenvalue weighted by Gasteiger charge is -2.17. The molecule has 5 heteroatoms. The molecule has 1 rings (SSSR count). The highest BCUT2D eigenvalue weighted by atomic mass is 19.1. The first-order chi connectivity index (χ1) is 7.91. The van der Waals surface area contributed by atoms with E-state index in [0.29, 0.717) is 0 Å². The Hall–Kier alpha value is -1.78. The molecule has 0 fully saturated rings. The molecule has 1 unspecified atom stereocenters. The molecule has 0 bridgehead atoms. The van der Waals surface area contributed by atoms with Crippen molar-refractivity contribution in [2.45, 2.75) is 32.9 Å². The number of hydrogen-bond acceptors (Lipinski definition) is 3. The van der Waals surface area contributed by atoms with Crippen LogP contribution < -0.4 is 15.8 Å². The summed E-state index contributed by atoms with van der Waals surface area (Å²) in [7, 11) is 0. The van der Waals surface area contributed by atoms with E-state index in [1.165, 1.54) is 18.2 Å². The van der Waals surface area contributed by atoms with Crippen molar-refractivity contribution in [3.8, 4) is 5.75 Å². The Morgan fingerprint density at radius 1 is 1.41 bits per heavy atom. The van der Waals surface area contributed by atoms with E-state index < -0.39 is 11.9 Å². The van der Waals surface area contributed by atoms with Gasteiger partial charge in [-0.25, -0.2) is 4.39 Å². The normalized spacial score (nSPS) is 12.3. The van der Waals surface area contributed by atoms with Crippen LogP contribution in [0, 0.1) is 5.82 Å². The molecule has 0 aliphatic carbocycles. The number of carbonyl (C=O) groups excluding carboxylic acids is 1. The quantitative estimate of drug-likeness (QED) is 0.787. The fourth-order valence-electron chi connectivity index (χ4n) is 1.28. The number of nitrogen functional groups attached to an aromatic ring is 1. The van der Waals surface area contributed by atoms with Crippen molar-refractivity contribution in [1.82, 2.24) is 5.32 Å². The van der Waals surface area contributed by atoms with Crippen LogP contribution >= 0.6 is 0 Å². The molecule has 0 aliphatic heterocycles. The van der Waals surface area contributed by atoms with Crippen LogP contribution in [0.25, 0.3) is 0 Å². The predicted octanol–water partition coefficient (Wildman–Crippen LogP) is 1.70. The predicted molar refractivity (Wildman–Crippen MR) is 64.2 cm³/mol. The van der Waals surface area contributed by atoms with Crippen molar-refractivity contribution in [3.63, 3.8) is 0 Å². The van der Waals surface area contributed by atoms with Gasteiger partial charge < -0.3 is 15.8 Å². The van der Waals surface area contributed by atoms with E-state index in [-0.39, 0.29) is 23.4 Å². The molecule has 0 aliphatic rings. The minimum Gasteiger partial charge on any atom is -0.476 e. The van der Waals surface area contributed by atoms with Crippen LogP contribution in [0.15, 0.2) is 18.2 Å². The van der Waals surface area contributed by atoms with Crippen molar-refractivity contribution < 1.29 is 13.9 Å². The number of carbonyl (C=O) groups is 1. The zero-order valence-corrected chi connectivity index (χ0v) is 10.2. The Morgan fingerprint density at radius 3 is 2.59 bits per heavy atom. The van der Waals surface area contributed by atoms with Gasteiger partial charge in [0.25, 0.3) is 5.91 Å². The Balaban J connectivity index is 2.74. The van der Waals surface area contributed by atoms with E-state index in [9.17, 15) is 9.18 Å². The maximum absolute atomic E-state index is 13.4. The Bertz CT molecular complexity index is 387. The third-order valence-electron chi connectivity index (χ3n) is 2.09. The maximum atomic E-state index is 13.4. The molecule has 94 valence electrons. The second-order valence-electron chi connectivity index (χ2n) is 4.08. The fraction of sp³-hybridized carbons (Fsp3) is 0.417. The summed E-state index contributed by atoms with van der Waals surface area (Å²) in [6, 6.07) is 4.24. The number of nitrogens with one attached hydrogen (secondary N) is 1. The highest BCUT2D eigenvalue weighted by Gasteiger charge is 2.18. The van der Waals surface area contributed by atoms with Crippen LogP contribution in [0.3, 0.4) is 0 Å². The highest BCUT2D eigenvalue weighted by Crippen LogP contribution is 2.25. The van der Waals surface area contributed by atoms with E-state index >= 15 is 0 Å². The van der Waals surface area contributed by atoms with Gasteiger partial charge >= 0.3 is 0 Å². The van der Waals surface area contributed by atoms with Crippen LogP contribution in [0.2, 0.25) is 0 Å². The molecule has 4 nitrogen and oxygen atoms in total. The summed E-state index contributed by atoms with van der Waals surface area (Å²) in [6.45, 7) is 5.22. The first-order valence-corrected chi connectivity index (χ1v) is 5.43. The minimum absolute atomic E-state index is 0.00603. The number of hydrogen-bond donors (Lipinski definition) is 2. The van der Waals surface area contributed by atoms with Crippen LogP contribution in [-0.4, -0.2) is 18.1 Å². The topological polar surface area (TPSA) is 64.3 Å². The molecule has 0 radical (unpaired) electrons. The van der Waals surface area contributed by atoms with E-state index in [1.54, 1.807) is 6.92 Å². The van der Waals surface area contributed by atoms with Gasteiger partial charge in [0, 0.05) is 6.04 Å². The number of nitrogens with two attached hydrogens (primary N) is 1. The summed E-state index contributed by atoms with van der Waals surface area (Å²) >= 11 is 0. The van der Waals surface area contributed by atoms with Gasteiger partial charge in [0.15, 0.2) is 17.7 Å². The van der Waals surface area contributed by atoms with E-state index in [0.717, 1.165) is 0 Å². The lowest BCUT2D eigenvalue weighted by atomic mass is 10.2. The van der Waals surface area contributed by atoms with Gasteiger partial charge in [-0.1, -0.05) is 6.07 Å². The zero-order valence-electron chi connectivity index (χ0n) is 10.2. The van der Waals surface area contributed by atoms with Crippen molar-refractivity contribution in [3.05, 3.63) is 24.0 Å². The number of halogens is 1. The lowest BCUT2D eigenvalue weighted by Crippen LogP contribution is -2.40. The van der Waals surface area contributed by atoms with Crippen molar-refractivity contribution in [1.29, 1.82) is 0 Å². The largest absolute Gasteiger partial charge is 0.476 e. The Morgan fingerprint density at radius 2 is 2.06 bits per heavy atom. The number of amides is 1. The van der Waals surface area contributed by atoms with Gasteiger partial charge in [-0.15, -0.1) is 0 Å². The molecule has 0 aromatic heterocycles. The summed E-state index contributed by atoms with van der Waals surface area (Å²) < 4.78 is 18.6. The highest BCUT2D eigenvalue weighted by molar-refractivity contribution is 5.81. The first-order valence-electron chi connectivity index (χ1n) is 5.43. The Labute approximate surface area is 100.0 Å². The zero-order chi connectivity index (χ0) is 13.0. The minimum atomic E-state index is -0.795. The number of benzene rings is 1. The molecule has 1 aromatic carbocycles. The summed E-state index contributed by atoms with van der Waals surface area (Å²) in [5.74, 6) is -0.962. The van der Waals surface area contributed by atoms with E-state index in [1.807, 2.05) is 13.8 Å². The molecular formula is C12H17FN2O2. The first kappa shape index (κ1) is 13.3. The van der Waals surface area contributed by atoms with Crippen molar-refractivity contribution in [2.24, 2.45) is 0 Å². The van der Waals surface area contributed by atoms with Crippen LogP contribution in [0.5, 0.6) is 5.75 Å². The smallest absolute Gasteiger partial charge is 0.260 e. The van der Waals surface area contributed by atoms with Gasteiger partial charge in [0.1, 0.15) is 0 Å². The fourth-order valence-corrected chi connectivity index (χ4v) is 1.28. The SMILES string of the molecule is CC(C)NC(=O)C(C)Oc1c(N)cccc1F. The summed E-state index contributed by atoms with van der Waals surface area (Å²) in [6.07, 6.45) is -0.795. The molecule has 0 heterocycles. The van der Waals surface area contributed by atoms with E-state index in [4.69, 9.17) is 10.5 Å². The molecule has 1 amide bonds. The average Bonchev–Trinajstić information content (AvgIpc) is 2.22. The van der Waals surface area contributed by atoms with Gasteiger partial charge in [0.2, 0.25) is 0 Å². The van der Waals surface area contributed by atoms with Crippen LogP contribution in [0.1, 0.15) is 20.8 Å². The van der Waals surface area contributed by atoms with Crippen LogP contribution in [-0.2, 0) is 4.79 Å². The number of ether oxygens (including phenoxy) is 1. The second kappa shape index (κ2) is 5.52. The number of anilines is 1. The maximum Gasteiger partial charge on any atom is 0.260 e. The molecule has 0 saturated carbocycles. The third-order valence-corrected chi connectivity index (χ3v) is 2.09. The lowest BCUT2D eigenvalue weighted by molar-refractivity contribution is -0.127. The van der Waals surface area contributed by atoms with Crippen molar-refractivity contribution in [2.75, 3.05) is 5.73 Å². The van der Waals surface area contributed by atoms with Gasteiger partial charge in [-0.3, -0.25) is 4.79 Å². The molecule has 1 atom stereocenters. The van der Waals surface area contributed by atoms with Crippen LogP contribution in [0.4, 0.5) is 10.1 Å². The number of rotatable bonds is 4. The molecular weight excluding hydrogens is 223 g/mol. The molecule has 17 heavy (non-hydrogen) atoms.